The van der Waals surface area contributed by atoms with E-state index in [1.807, 2.05) is 13.0 Å². The Hall–Kier alpha value is -2.98. The van der Waals surface area contributed by atoms with Crippen molar-refractivity contribution >= 4 is 34.7 Å². The van der Waals surface area contributed by atoms with Crippen LogP contribution in [-0.4, -0.2) is 57.9 Å². The molecule has 49 heavy (non-hydrogen) atoms. The molecule has 7 nitrogen and oxygen atoms in total. The van der Waals surface area contributed by atoms with Gasteiger partial charge < -0.3 is 13.9 Å². The summed E-state index contributed by atoms with van der Waals surface area (Å²) < 4.78 is 49.4. The molecule has 3 aromatic carbocycles. The molecule has 0 aromatic heterocycles. The lowest BCUT2D eigenvalue weighted by atomic mass is 9.84. The van der Waals surface area contributed by atoms with Gasteiger partial charge in [0.15, 0.2) is 0 Å². The first kappa shape index (κ1) is 37.3. The van der Waals surface area contributed by atoms with Gasteiger partial charge in [0.2, 0.25) is 10.0 Å². The van der Waals surface area contributed by atoms with Crippen LogP contribution in [0.5, 0.6) is 5.75 Å². The van der Waals surface area contributed by atoms with Crippen molar-refractivity contribution < 1.29 is 27.1 Å². The Morgan fingerprint density at radius 2 is 1.45 bits per heavy atom. The largest absolute Gasteiger partial charge is 0.489 e. The van der Waals surface area contributed by atoms with E-state index in [1.165, 1.54) is 14.7 Å². The zero-order valence-electron chi connectivity index (χ0n) is 30.4. The minimum Gasteiger partial charge on any atom is -0.489 e. The van der Waals surface area contributed by atoms with Crippen LogP contribution in [0.3, 0.4) is 0 Å². The molecular weight excluding hydrogens is 651 g/mol. The summed E-state index contributed by atoms with van der Waals surface area (Å²) in [4.78, 5) is 13.2. The molecule has 1 saturated heterocycles. The van der Waals surface area contributed by atoms with Crippen molar-refractivity contribution in [2.24, 2.45) is 5.92 Å². The first-order valence-electron chi connectivity index (χ1n) is 17.9. The molecule has 3 atom stereocenters. The maximum atomic E-state index is 14.2. The second-order valence-corrected chi connectivity index (χ2v) is 21.9. The Morgan fingerprint density at radius 1 is 0.837 bits per heavy atom. The van der Waals surface area contributed by atoms with Crippen molar-refractivity contribution in [2.75, 3.05) is 13.2 Å². The summed E-state index contributed by atoms with van der Waals surface area (Å²) in [5.74, 6) is 0.0698. The van der Waals surface area contributed by atoms with E-state index in [2.05, 4.69) is 81.4 Å². The van der Waals surface area contributed by atoms with Crippen molar-refractivity contribution in [3.8, 4) is 5.75 Å². The van der Waals surface area contributed by atoms with Gasteiger partial charge in [-0.15, -0.1) is 0 Å². The van der Waals surface area contributed by atoms with Crippen LogP contribution in [-0.2, 0) is 24.0 Å². The smallest absolute Gasteiger partial charge is 0.324 e. The Morgan fingerprint density at radius 3 is 2.04 bits per heavy atom. The molecule has 5 rings (SSSR count). The van der Waals surface area contributed by atoms with Crippen molar-refractivity contribution in [1.82, 2.24) is 4.31 Å². The second-order valence-electron chi connectivity index (χ2n) is 15.8. The summed E-state index contributed by atoms with van der Waals surface area (Å²) in [7, 11) is -6.71. The van der Waals surface area contributed by atoms with E-state index in [0.29, 0.717) is 25.2 Å². The average molecular weight is 706 g/mol. The fourth-order valence-electron chi connectivity index (χ4n) is 7.63. The van der Waals surface area contributed by atoms with Gasteiger partial charge in [-0.05, 0) is 105 Å². The monoisotopic (exact) mass is 705 g/mol. The third kappa shape index (κ3) is 8.33. The lowest BCUT2D eigenvalue weighted by Crippen LogP contribution is -2.66. The molecule has 9 heteroatoms. The van der Waals surface area contributed by atoms with Crippen molar-refractivity contribution in [1.29, 1.82) is 0 Å². The van der Waals surface area contributed by atoms with Gasteiger partial charge in [-0.1, -0.05) is 93.9 Å². The number of nitrogens with zero attached hydrogens (tertiary/aromatic N) is 1. The fourth-order valence-corrected chi connectivity index (χ4v) is 14.0. The van der Waals surface area contributed by atoms with Crippen LogP contribution in [0.15, 0.2) is 83.8 Å². The summed E-state index contributed by atoms with van der Waals surface area (Å²) in [5, 5.41) is 2.40. The standard InChI is InChI=1S/C40H55NO6SSi/c1-30-24-25-37(48(43,44)41-27-16-22-34(41)38(42)47-39(2,3)4)36(29-30)46-35-23-15-14-17-31(35)26-28-45-49(40(5,6)7,32-18-10-8-11-19-32)33-20-12-9-13-21-33/h8-13,18-21,24-25,29,31,34-35H,14-17,22-23,26-28H2,1-7H3/t31-,34-,35-/m0/s1. The predicted octanol–water partition coefficient (Wildman–Crippen LogP) is 7.39. The zero-order chi connectivity index (χ0) is 35.5. The first-order valence-corrected chi connectivity index (χ1v) is 21.3. The Labute approximate surface area is 295 Å². The summed E-state index contributed by atoms with van der Waals surface area (Å²) in [6, 6.07) is 25.8. The van der Waals surface area contributed by atoms with Crippen molar-refractivity contribution in [2.45, 2.75) is 121 Å². The third-order valence-electron chi connectivity index (χ3n) is 9.91. The molecule has 2 aliphatic rings. The number of sulfonamides is 1. The van der Waals surface area contributed by atoms with E-state index < -0.39 is 36.0 Å². The second kappa shape index (κ2) is 15.1. The Bertz CT molecular complexity index is 1630. The predicted molar refractivity (Wildman–Crippen MR) is 199 cm³/mol. The van der Waals surface area contributed by atoms with Crippen LogP contribution in [0.4, 0.5) is 0 Å². The van der Waals surface area contributed by atoms with Crippen LogP contribution < -0.4 is 15.1 Å². The average Bonchev–Trinajstić information content (AvgIpc) is 3.55. The van der Waals surface area contributed by atoms with E-state index >= 15 is 0 Å². The number of benzene rings is 3. The number of ether oxygens (including phenoxy) is 2. The minimum atomic E-state index is -4.03. The maximum absolute atomic E-state index is 14.2. The van der Waals surface area contributed by atoms with Gasteiger partial charge in [0.05, 0.1) is 0 Å². The van der Waals surface area contributed by atoms with Crippen LogP contribution >= 0.6 is 0 Å². The molecule has 266 valence electrons. The minimum absolute atomic E-state index is 0.112. The molecule has 0 N–H and O–H groups in total. The number of carbonyl (C=O) groups is 1. The molecule has 1 heterocycles. The van der Waals surface area contributed by atoms with Gasteiger partial charge >= 0.3 is 5.97 Å². The van der Waals surface area contributed by atoms with Crippen LogP contribution in [0.2, 0.25) is 5.04 Å². The molecule has 1 aliphatic heterocycles. The molecule has 0 spiro atoms. The van der Waals surface area contributed by atoms with Gasteiger partial charge in [0, 0.05) is 13.2 Å². The molecule has 0 bridgehead atoms. The molecule has 3 aromatic rings. The highest BCUT2D eigenvalue weighted by Crippen LogP contribution is 2.39. The zero-order valence-corrected chi connectivity index (χ0v) is 32.2. The molecule has 2 fully saturated rings. The highest BCUT2D eigenvalue weighted by atomic mass is 32.2. The van der Waals surface area contributed by atoms with E-state index in [-0.39, 0.29) is 28.5 Å². The number of aryl methyl sites for hydroxylation is 1. The first-order chi connectivity index (χ1) is 23.1. The quantitative estimate of drug-likeness (QED) is 0.153. The van der Waals surface area contributed by atoms with Gasteiger partial charge in [0.1, 0.15) is 28.4 Å². The lowest BCUT2D eigenvalue weighted by Gasteiger charge is -2.43. The van der Waals surface area contributed by atoms with E-state index in [4.69, 9.17) is 13.9 Å². The molecular formula is C40H55NO6SSi. The van der Waals surface area contributed by atoms with Gasteiger partial charge in [-0.25, -0.2) is 8.42 Å². The summed E-state index contributed by atoms with van der Waals surface area (Å²) in [6.07, 6.45) is 5.68. The van der Waals surface area contributed by atoms with Gasteiger partial charge in [0.25, 0.3) is 8.32 Å². The summed E-state index contributed by atoms with van der Waals surface area (Å²) >= 11 is 0. The van der Waals surface area contributed by atoms with Gasteiger partial charge in [-0.2, -0.15) is 4.31 Å². The molecule has 0 unspecified atom stereocenters. The number of carbonyl (C=O) groups excluding carboxylic acids is 1. The van der Waals surface area contributed by atoms with E-state index in [9.17, 15) is 13.2 Å². The highest BCUT2D eigenvalue weighted by molar-refractivity contribution is 7.89. The van der Waals surface area contributed by atoms with Gasteiger partial charge in [-0.3, -0.25) is 4.79 Å². The van der Waals surface area contributed by atoms with Crippen molar-refractivity contribution in [3.05, 3.63) is 84.4 Å². The maximum Gasteiger partial charge on any atom is 0.324 e. The number of hydrogen-bond acceptors (Lipinski definition) is 6. The highest BCUT2D eigenvalue weighted by Gasteiger charge is 2.50. The molecule has 0 amide bonds. The number of rotatable bonds is 11. The Balaban J connectivity index is 1.38. The molecule has 1 aliphatic carbocycles. The SMILES string of the molecule is Cc1ccc(S(=O)(=O)N2CCC[C@H]2C(=O)OC(C)(C)C)c(O[C@H]2CCCC[C@H]2CCO[Si](c2ccccc2)(c2ccccc2)C(C)(C)C)c1. The Kier molecular flexibility index (Phi) is 11.5. The van der Waals surface area contributed by atoms with E-state index in [0.717, 1.165) is 37.7 Å². The van der Waals surface area contributed by atoms with Crippen LogP contribution in [0, 0.1) is 12.8 Å². The topological polar surface area (TPSA) is 82.1 Å². The number of hydrogen-bond donors (Lipinski definition) is 0. The van der Waals surface area contributed by atoms with Crippen LogP contribution in [0.1, 0.15) is 92.1 Å². The summed E-state index contributed by atoms with van der Waals surface area (Å²) in [5.41, 5.74) is 0.214. The van der Waals surface area contributed by atoms with Crippen molar-refractivity contribution in [3.63, 3.8) is 0 Å². The normalized spacial score (nSPS) is 21.0. The molecule has 0 radical (unpaired) electrons. The van der Waals surface area contributed by atoms with E-state index in [1.54, 1.807) is 32.9 Å². The molecule has 1 saturated carbocycles. The lowest BCUT2D eigenvalue weighted by molar-refractivity contribution is -0.158. The summed E-state index contributed by atoms with van der Waals surface area (Å²) in [6.45, 7) is 15.1. The van der Waals surface area contributed by atoms with Crippen LogP contribution in [0.25, 0.3) is 0 Å². The number of esters is 1. The fraction of sp³-hybridized carbons (Fsp3) is 0.525. The third-order valence-corrected chi connectivity index (χ3v) is 16.9.